The SMILES string of the molecule is C=CCN1CC(c2nc3ccccc3n2CCCCOc2cc(C)cc(C)c2)CC1=O. The van der Waals surface area contributed by atoms with Crippen LogP contribution >= 0.6 is 0 Å². The third kappa shape index (κ3) is 4.82. The third-order valence-electron chi connectivity index (χ3n) is 5.85. The summed E-state index contributed by atoms with van der Waals surface area (Å²) in [4.78, 5) is 19.2. The first-order chi connectivity index (χ1) is 15.0. The van der Waals surface area contributed by atoms with E-state index in [1.807, 2.05) is 11.0 Å². The van der Waals surface area contributed by atoms with Gasteiger partial charge in [-0.05, 0) is 62.1 Å². The molecular weight excluding hydrogens is 386 g/mol. The van der Waals surface area contributed by atoms with Gasteiger partial charge in [0.1, 0.15) is 11.6 Å². The molecule has 5 nitrogen and oxygen atoms in total. The zero-order valence-corrected chi connectivity index (χ0v) is 18.5. The Labute approximate surface area is 184 Å². The first-order valence-electron chi connectivity index (χ1n) is 11.1. The van der Waals surface area contributed by atoms with Gasteiger partial charge in [0.25, 0.3) is 0 Å². The summed E-state index contributed by atoms with van der Waals surface area (Å²) in [6.45, 7) is 10.8. The number of rotatable bonds is 9. The van der Waals surface area contributed by atoms with Gasteiger partial charge >= 0.3 is 0 Å². The Kier molecular flexibility index (Phi) is 6.40. The molecule has 0 radical (unpaired) electrons. The second-order valence-corrected chi connectivity index (χ2v) is 8.48. The summed E-state index contributed by atoms with van der Waals surface area (Å²) in [6, 6.07) is 14.6. The summed E-state index contributed by atoms with van der Waals surface area (Å²) in [7, 11) is 0. The van der Waals surface area contributed by atoms with Crippen LogP contribution in [0, 0.1) is 13.8 Å². The molecule has 0 N–H and O–H groups in total. The Morgan fingerprint density at radius 1 is 1.16 bits per heavy atom. The largest absolute Gasteiger partial charge is 0.494 e. The molecule has 1 atom stereocenters. The second kappa shape index (κ2) is 9.38. The number of carbonyl (C=O) groups excluding carboxylic acids is 1. The van der Waals surface area contributed by atoms with Crippen LogP contribution in [0.15, 0.2) is 55.1 Å². The number of nitrogens with zero attached hydrogens (tertiary/aromatic N) is 3. The average Bonchev–Trinajstić information content (AvgIpc) is 3.28. The highest BCUT2D eigenvalue weighted by atomic mass is 16.5. The lowest BCUT2D eigenvalue weighted by Crippen LogP contribution is -2.25. The van der Waals surface area contributed by atoms with Crippen LogP contribution in [0.3, 0.4) is 0 Å². The number of amides is 1. The first kappa shape index (κ1) is 21.2. The van der Waals surface area contributed by atoms with Crippen molar-refractivity contribution in [3.63, 3.8) is 0 Å². The van der Waals surface area contributed by atoms with Gasteiger partial charge in [-0.15, -0.1) is 6.58 Å². The third-order valence-corrected chi connectivity index (χ3v) is 5.85. The van der Waals surface area contributed by atoms with E-state index in [-0.39, 0.29) is 11.8 Å². The number of imidazole rings is 1. The molecule has 3 aromatic rings. The smallest absolute Gasteiger partial charge is 0.223 e. The highest BCUT2D eigenvalue weighted by Gasteiger charge is 2.33. The topological polar surface area (TPSA) is 47.4 Å². The van der Waals surface area contributed by atoms with E-state index in [4.69, 9.17) is 9.72 Å². The Balaban J connectivity index is 1.42. The van der Waals surface area contributed by atoms with Gasteiger partial charge in [0.05, 0.1) is 17.6 Å². The fourth-order valence-corrected chi connectivity index (χ4v) is 4.50. The summed E-state index contributed by atoms with van der Waals surface area (Å²) in [6.07, 6.45) is 4.27. The minimum Gasteiger partial charge on any atom is -0.494 e. The predicted molar refractivity (Wildman–Crippen MR) is 125 cm³/mol. The first-order valence-corrected chi connectivity index (χ1v) is 11.1. The van der Waals surface area contributed by atoms with Crippen LogP contribution in [0.2, 0.25) is 0 Å². The molecule has 0 spiro atoms. The molecule has 1 aliphatic rings. The number of benzene rings is 2. The second-order valence-electron chi connectivity index (χ2n) is 8.48. The minimum atomic E-state index is 0.131. The van der Waals surface area contributed by atoms with Crippen molar-refractivity contribution >= 4 is 16.9 Å². The summed E-state index contributed by atoms with van der Waals surface area (Å²) >= 11 is 0. The molecule has 0 aliphatic carbocycles. The molecule has 0 bridgehead atoms. The molecule has 162 valence electrons. The molecule has 1 amide bonds. The number of hydrogen-bond acceptors (Lipinski definition) is 3. The normalized spacial score (nSPS) is 16.3. The van der Waals surface area contributed by atoms with E-state index in [2.05, 4.69) is 61.4 Å². The number of ether oxygens (including phenoxy) is 1. The van der Waals surface area contributed by atoms with Crippen LogP contribution in [-0.4, -0.2) is 40.1 Å². The van der Waals surface area contributed by atoms with Crippen molar-refractivity contribution in [3.8, 4) is 5.75 Å². The van der Waals surface area contributed by atoms with Gasteiger partial charge < -0.3 is 14.2 Å². The van der Waals surface area contributed by atoms with Crippen LogP contribution in [0.25, 0.3) is 11.0 Å². The monoisotopic (exact) mass is 417 g/mol. The van der Waals surface area contributed by atoms with E-state index in [9.17, 15) is 4.79 Å². The van der Waals surface area contributed by atoms with Gasteiger partial charge in [-0.3, -0.25) is 4.79 Å². The highest BCUT2D eigenvalue weighted by Crippen LogP contribution is 2.30. The number of unbranched alkanes of at least 4 members (excludes halogenated alkanes) is 1. The van der Waals surface area contributed by atoms with Gasteiger partial charge in [-0.25, -0.2) is 4.98 Å². The van der Waals surface area contributed by atoms with Crippen molar-refractivity contribution in [1.82, 2.24) is 14.5 Å². The van der Waals surface area contributed by atoms with Crippen molar-refractivity contribution in [2.45, 2.75) is 45.6 Å². The van der Waals surface area contributed by atoms with Crippen molar-refractivity contribution in [1.29, 1.82) is 0 Å². The fraction of sp³-hybridized carbons (Fsp3) is 0.385. The number of aromatic nitrogens is 2. The lowest BCUT2D eigenvalue weighted by molar-refractivity contribution is -0.127. The lowest BCUT2D eigenvalue weighted by atomic mass is 10.1. The summed E-state index contributed by atoms with van der Waals surface area (Å²) in [5, 5.41) is 0. The quantitative estimate of drug-likeness (QED) is 0.363. The number of likely N-dealkylation sites (tertiary alicyclic amines) is 1. The van der Waals surface area contributed by atoms with E-state index in [1.165, 1.54) is 11.1 Å². The number of aryl methyl sites for hydroxylation is 3. The van der Waals surface area contributed by atoms with Gasteiger partial charge in [0.15, 0.2) is 0 Å². The van der Waals surface area contributed by atoms with Gasteiger partial charge in [-0.1, -0.05) is 24.3 Å². The zero-order valence-electron chi connectivity index (χ0n) is 18.5. The fourth-order valence-electron chi connectivity index (χ4n) is 4.50. The van der Waals surface area contributed by atoms with Crippen LogP contribution in [0.4, 0.5) is 0 Å². The van der Waals surface area contributed by atoms with Crippen LogP contribution < -0.4 is 4.74 Å². The maximum Gasteiger partial charge on any atom is 0.223 e. The van der Waals surface area contributed by atoms with Crippen LogP contribution in [0.1, 0.15) is 42.1 Å². The van der Waals surface area contributed by atoms with E-state index in [0.29, 0.717) is 26.1 Å². The molecule has 1 aromatic heterocycles. The number of fused-ring (bicyclic) bond motifs is 1. The van der Waals surface area contributed by atoms with Crippen molar-refractivity contribution in [2.75, 3.05) is 19.7 Å². The Bertz CT molecular complexity index is 1070. The average molecular weight is 418 g/mol. The molecule has 1 aliphatic heterocycles. The molecule has 5 heteroatoms. The van der Waals surface area contributed by atoms with E-state index in [1.54, 1.807) is 6.08 Å². The van der Waals surface area contributed by atoms with Crippen molar-refractivity contribution in [3.05, 3.63) is 72.1 Å². The van der Waals surface area contributed by atoms with Crippen molar-refractivity contribution in [2.24, 2.45) is 0 Å². The molecule has 1 unspecified atom stereocenters. The molecular formula is C26H31N3O2. The summed E-state index contributed by atoms with van der Waals surface area (Å²) in [5.41, 5.74) is 4.59. The summed E-state index contributed by atoms with van der Waals surface area (Å²) in [5.74, 6) is 2.28. The molecule has 4 rings (SSSR count). The molecule has 1 saturated heterocycles. The Morgan fingerprint density at radius 3 is 2.71 bits per heavy atom. The number of hydrogen-bond donors (Lipinski definition) is 0. The Hall–Kier alpha value is -3.08. The van der Waals surface area contributed by atoms with Gasteiger partial charge in [0.2, 0.25) is 5.91 Å². The van der Waals surface area contributed by atoms with E-state index < -0.39 is 0 Å². The van der Waals surface area contributed by atoms with Crippen molar-refractivity contribution < 1.29 is 9.53 Å². The molecule has 1 fully saturated rings. The molecule has 2 heterocycles. The van der Waals surface area contributed by atoms with Gasteiger partial charge in [-0.2, -0.15) is 0 Å². The summed E-state index contributed by atoms with van der Waals surface area (Å²) < 4.78 is 8.28. The standard InChI is InChI=1S/C26H31N3O2/c1-4-11-28-18-21(17-25(28)30)26-27-23-9-5-6-10-24(23)29(26)12-7-8-13-31-22-15-19(2)14-20(3)16-22/h4-6,9-10,14-16,21H,1,7-8,11-13,17-18H2,2-3H3. The highest BCUT2D eigenvalue weighted by molar-refractivity contribution is 5.81. The van der Waals surface area contributed by atoms with Crippen LogP contribution in [-0.2, 0) is 11.3 Å². The number of para-hydroxylation sites is 2. The molecule has 31 heavy (non-hydrogen) atoms. The van der Waals surface area contributed by atoms with Gasteiger partial charge in [0, 0.05) is 32.0 Å². The van der Waals surface area contributed by atoms with E-state index in [0.717, 1.165) is 42.0 Å². The zero-order chi connectivity index (χ0) is 21.8. The maximum atomic E-state index is 12.4. The molecule has 2 aromatic carbocycles. The van der Waals surface area contributed by atoms with E-state index >= 15 is 0 Å². The minimum absolute atomic E-state index is 0.131. The Morgan fingerprint density at radius 2 is 1.94 bits per heavy atom. The predicted octanol–water partition coefficient (Wildman–Crippen LogP) is 5.01. The maximum absolute atomic E-state index is 12.4. The van der Waals surface area contributed by atoms with Crippen LogP contribution in [0.5, 0.6) is 5.75 Å². The molecule has 0 saturated carbocycles. The lowest BCUT2D eigenvalue weighted by Gasteiger charge is -2.16. The number of carbonyl (C=O) groups is 1.